The van der Waals surface area contributed by atoms with Gasteiger partial charge >= 0.3 is 0 Å². The van der Waals surface area contributed by atoms with Crippen LogP contribution < -0.4 is 15.2 Å². The highest BCUT2D eigenvalue weighted by Gasteiger charge is 2.34. The summed E-state index contributed by atoms with van der Waals surface area (Å²) < 4.78 is 6.43. The molecule has 6 heteroatoms. The predicted molar refractivity (Wildman–Crippen MR) is 105 cm³/mol. The molecule has 134 valence electrons. The molecule has 1 aliphatic rings. The van der Waals surface area contributed by atoms with Crippen LogP contribution >= 0.6 is 15.9 Å². The van der Waals surface area contributed by atoms with Crippen molar-refractivity contribution in [1.29, 1.82) is 0 Å². The molecule has 0 bridgehead atoms. The van der Waals surface area contributed by atoms with Gasteiger partial charge in [0.15, 0.2) is 0 Å². The second-order valence-corrected chi connectivity index (χ2v) is 6.94. The van der Waals surface area contributed by atoms with E-state index in [0.29, 0.717) is 23.6 Å². The molecule has 0 radical (unpaired) electrons. The lowest BCUT2D eigenvalue weighted by molar-refractivity contribution is -0.117. The number of ether oxygens (including phenoxy) is 1. The molecule has 1 N–H and O–H groups in total. The number of aryl methyl sites for hydroxylation is 2. The molecule has 5 nitrogen and oxygen atoms in total. The first-order valence-electron chi connectivity index (χ1n) is 8.27. The van der Waals surface area contributed by atoms with Gasteiger partial charge in [0.1, 0.15) is 11.3 Å². The van der Waals surface area contributed by atoms with Gasteiger partial charge in [-0.05, 0) is 68.3 Å². The molecule has 0 aromatic heterocycles. The molecule has 2 aromatic rings. The van der Waals surface area contributed by atoms with Crippen molar-refractivity contribution in [2.45, 2.75) is 20.8 Å². The number of halogens is 1. The van der Waals surface area contributed by atoms with E-state index in [4.69, 9.17) is 4.74 Å². The molecule has 0 atom stereocenters. The molecule has 1 heterocycles. The van der Waals surface area contributed by atoms with Crippen molar-refractivity contribution in [3.05, 3.63) is 63.1 Å². The van der Waals surface area contributed by atoms with Crippen LogP contribution in [0.2, 0.25) is 0 Å². The summed E-state index contributed by atoms with van der Waals surface area (Å²) in [4.78, 5) is 25.2. The minimum atomic E-state index is -0.435. The first-order valence-corrected chi connectivity index (χ1v) is 9.06. The third-order valence-corrected chi connectivity index (χ3v) is 4.70. The smallest absolute Gasteiger partial charge is 0.282 e. The van der Waals surface area contributed by atoms with Crippen LogP contribution in [-0.4, -0.2) is 18.4 Å². The van der Waals surface area contributed by atoms with E-state index in [1.165, 1.54) is 5.01 Å². The summed E-state index contributed by atoms with van der Waals surface area (Å²) in [5, 5.41) is 1.28. The molecule has 2 amide bonds. The minimum Gasteiger partial charge on any atom is -0.493 e. The summed E-state index contributed by atoms with van der Waals surface area (Å²) in [7, 11) is 0. The molecule has 0 aliphatic carbocycles. The van der Waals surface area contributed by atoms with E-state index in [9.17, 15) is 9.59 Å². The second-order valence-electron chi connectivity index (χ2n) is 6.02. The van der Waals surface area contributed by atoms with Crippen molar-refractivity contribution >= 4 is 39.5 Å². The Kier molecular flexibility index (Phi) is 5.13. The van der Waals surface area contributed by atoms with E-state index in [-0.39, 0.29) is 11.5 Å². The molecule has 1 saturated heterocycles. The van der Waals surface area contributed by atoms with Gasteiger partial charge in [-0.25, -0.2) is 5.01 Å². The number of anilines is 1. The number of nitrogens with zero attached hydrogens (tertiary/aromatic N) is 1. The maximum atomic E-state index is 12.8. The van der Waals surface area contributed by atoms with Crippen LogP contribution in [0.3, 0.4) is 0 Å². The second kappa shape index (κ2) is 7.33. The lowest BCUT2D eigenvalue weighted by Crippen LogP contribution is -2.35. The average molecular weight is 415 g/mol. The van der Waals surface area contributed by atoms with Gasteiger partial charge in [0, 0.05) is 10.0 Å². The Morgan fingerprint density at radius 3 is 2.58 bits per heavy atom. The van der Waals surface area contributed by atoms with Crippen LogP contribution in [0.5, 0.6) is 5.75 Å². The number of hydrogen-bond acceptors (Lipinski definition) is 3. The Bertz CT molecular complexity index is 921. The number of hydrazine groups is 1. The fourth-order valence-electron chi connectivity index (χ4n) is 2.68. The normalized spacial score (nSPS) is 15.5. The van der Waals surface area contributed by atoms with E-state index >= 15 is 0 Å². The number of rotatable bonds is 4. The Balaban J connectivity index is 1.98. The molecule has 1 fully saturated rings. The monoisotopic (exact) mass is 414 g/mol. The zero-order chi connectivity index (χ0) is 18.8. The average Bonchev–Trinajstić information content (AvgIpc) is 2.88. The zero-order valence-electron chi connectivity index (χ0n) is 14.8. The number of benzene rings is 2. The Hall–Kier alpha value is -2.60. The first-order chi connectivity index (χ1) is 12.4. The van der Waals surface area contributed by atoms with Crippen LogP contribution in [0, 0.1) is 13.8 Å². The lowest BCUT2D eigenvalue weighted by atomic mass is 10.1. The quantitative estimate of drug-likeness (QED) is 0.608. The van der Waals surface area contributed by atoms with Gasteiger partial charge in [0.2, 0.25) is 0 Å². The number of amides is 2. The van der Waals surface area contributed by atoms with E-state index < -0.39 is 5.91 Å². The number of carbonyl (C=O) groups is 2. The van der Waals surface area contributed by atoms with Crippen molar-refractivity contribution in [2.24, 2.45) is 0 Å². The van der Waals surface area contributed by atoms with Gasteiger partial charge < -0.3 is 4.74 Å². The van der Waals surface area contributed by atoms with E-state index in [1.54, 1.807) is 12.1 Å². The fourth-order valence-corrected chi connectivity index (χ4v) is 3.06. The third kappa shape index (κ3) is 3.51. The van der Waals surface area contributed by atoms with Gasteiger partial charge in [-0.2, -0.15) is 0 Å². The van der Waals surface area contributed by atoms with Crippen molar-refractivity contribution in [3.8, 4) is 5.75 Å². The molecule has 1 aliphatic heterocycles. The summed E-state index contributed by atoms with van der Waals surface area (Å²) in [5.74, 6) is -0.204. The molecule has 2 aromatic carbocycles. The molecule has 0 unspecified atom stereocenters. The van der Waals surface area contributed by atoms with Crippen molar-refractivity contribution in [2.75, 3.05) is 11.6 Å². The van der Waals surface area contributed by atoms with Crippen molar-refractivity contribution in [1.82, 2.24) is 5.43 Å². The molecular weight excluding hydrogens is 396 g/mol. The molecule has 0 spiro atoms. The maximum Gasteiger partial charge on any atom is 0.282 e. The summed E-state index contributed by atoms with van der Waals surface area (Å²) in [6.45, 7) is 6.34. The molecule has 3 rings (SSSR count). The van der Waals surface area contributed by atoms with Crippen LogP contribution in [0.25, 0.3) is 6.08 Å². The summed E-state index contributed by atoms with van der Waals surface area (Å²) in [5.41, 5.74) is 6.17. The van der Waals surface area contributed by atoms with Gasteiger partial charge in [-0.1, -0.05) is 22.0 Å². The van der Waals surface area contributed by atoms with Gasteiger partial charge in [-0.15, -0.1) is 0 Å². The standard InChI is InChI=1S/C20H19BrN2O3/c1-4-26-18-8-6-15(21)10-14(18)11-17-19(24)22-23(20(17)25)16-7-5-12(2)13(3)9-16/h5-11H,4H2,1-3H3,(H,22,24)/b17-11-. The summed E-state index contributed by atoms with van der Waals surface area (Å²) in [6, 6.07) is 11.1. The van der Waals surface area contributed by atoms with E-state index in [0.717, 1.165) is 15.6 Å². The SMILES string of the molecule is CCOc1ccc(Br)cc1/C=C1/C(=O)NN(c2ccc(C)c(C)c2)C1=O. The Morgan fingerprint density at radius 2 is 1.88 bits per heavy atom. The van der Waals surface area contributed by atoms with Crippen LogP contribution in [-0.2, 0) is 9.59 Å². The Labute approximate surface area is 160 Å². The van der Waals surface area contributed by atoms with Gasteiger partial charge in [0.05, 0.1) is 12.3 Å². The first kappa shape index (κ1) is 18.2. The largest absolute Gasteiger partial charge is 0.493 e. The lowest BCUT2D eigenvalue weighted by Gasteiger charge is -2.16. The number of hydrogen-bond donors (Lipinski definition) is 1. The predicted octanol–water partition coefficient (Wildman–Crippen LogP) is 3.93. The fraction of sp³-hybridized carbons (Fsp3) is 0.200. The topological polar surface area (TPSA) is 58.6 Å². The summed E-state index contributed by atoms with van der Waals surface area (Å²) >= 11 is 3.41. The maximum absolute atomic E-state index is 12.8. The highest BCUT2D eigenvalue weighted by Crippen LogP contribution is 2.28. The van der Waals surface area contributed by atoms with Crippen LogP contribution in [0.4, 0.5) is 5.69 Å². The van der Waals surface area contributed by atoms with Gasteiger partial charge in [-0.3, -0.25) is 15.0 Å². The van der Waals surface area contributed by atoms with E-state index in [1.807, 2.05) is 51.1 Å². The van der Waals surface area contributed by atoms with Crippen molar-refractivity contribution < 1.29 is 14.3 Å². The highest BCUT2D eigenvalue weighted by atomic mass is 79.9. The molecule has 26 heavy (non-hydrogen) atoms. The van der Waals surface area contributed by atoms with Gasteiger partial charge in [0.25, 0.3) is 11.8 Å². The van der Waals surface area contributed by atoms with Crippen molar-refractivity contribution in [3.63, 3.8) is 0 Å². The highest BCUT2D eigenvalue weighted by molar-refractivity contribution is 9.10. The van der Waals surface area contributed by atoms with Crippen LogP contribution in [0.15, 0.2) is 46.4 Å². The zero-order valence-corrected chi connectivity index (χ0v) is 16.4. The van der Waals surface area contributed by atoms with E-state index in [2.05, 4.69) is 21.4 Å². The number of nitrogens with one attached hydrogen (secondary N) is 1. The third-order valence-electron chi connectivity index (χ3n) is 4.21. The number of carbonyl (C=O) groups excluding carboxylic acids is 2. The molecule has 0 saturated carbocycles. The van der Waals surface area contributed by atoms with Crippen LogP contribution in [0.1, 0.15) is 23.6 Å². The molecular formula is C20H19BrN2O3. The summed E-state index contributed by atoms with van der Waals surface area (Å²) in [6.07, 6.45) is 1.56. The Morgan fingerprint density at radius 1 is 1.12 bits per heavy atom. The minimum absolute atomic E-state index is 0.0716.